The molecule has 0 spiro atoms. The molecule has 1 unspecified atom stereocenters. The minimum Gasteiger partial charge on any atom is -0.371 e. The Morgan fingerprint density at radius 3 is 2.65 bits per heavy atom. The summed E-state index contributed by atoms with van der Waals surface area (Å²) in [6, 6.07) is 9.37. The average molecular weight is 312 g/mol. The molecule has 0 saturated carbocycles. The van der Waals surface area contributed by atoms with Crippen LogP contribution in [0.5, 0.6) is 0 Å². The molecular formula is C22H33N. The molecule has 0 N–H and O–H groups in total. The first-order valence-electron chi connectivity index (χ1n) is 8.94. The summed E-state index contributed by atoms with van der Waals surface area (Å²) in [5.74, 6) is 0. The van der Waals surface area contributed by atoms with E-state index in [9.17, 15) is 0 Å². The van der Waals surface area contributed by atoms with Crippen molar-refractivity contribution >= 4 is 0 Å². The number of rotatable bonds is 6. The lowest BCUT2D eigenvalue weighted by molar-refractivity contribution is 0.215. The molecule has 0 amide bonds. The number of aryl methyl sites for hydroxylation is 1. The normalized spacial score (nSPS) is 24.5. The molecule has 2 atom stereocenters. The van der Waals surface area contributed by atoms with E-state index in [1.165, 1.54) is 30.4 Å². The van der Waals surface area contributed by atoms with Gasteiger partial charge in [-0.25, -0.2) is 0 Å². The summed E-state index contributed by atoms with van der Waals surface area (Å²) in [6.45, 7) is 16.6. The van der Waals surface area contributed by atoms with Crippen molar-refractivity contribution in [3.8, 4) is 0 Å². The van der Waals surface area contributed by atoms with Gasteiger partial charge in [-0.1, -0.05) is 76.3 Å². The summed E-state index contributed by atoms with van der Waals surface area (Å²) in [4.78, 5) is 2.42. The van der Waals surface area contributed by atoms with Crippen molar-refractivity contribution in [1.82, 2.24) is 4.90 Å². The first-order chi connectivity index (χ1) is 10.8. The summed E-state index contributed by atoms with van der Waals surface area (Å²) in [7, 11) is 0. The fraction of sp³-hybridized carbons (Fsp3) is 0.545. The molecule has 1 aliphatic carbocycles. The van der Waals surface area contributed by atoms with E-state index in [2.05, 4.69) is 82.5 Å². The van der Waals surface area contributed by atoms with Crippen molar-refractivity contribution in [2.24, 2.45) is 5.41 Å². The Morgan fingerprint density at radius 1 is 1.39 bits per heavy atom. The molecule has 0 aliphatic heterocycles. The third-order valence-corrected chi connectivity index (χ3v) is 5.58. The zero-order chi connectivity index (χ0) is 17.1. The molecule has 23 heavy (non-hydrogen) atoms. The Labute approximate surface area is 143 Å². The molecule has 1 aromatic rings. The predicted octanol–water partition coefficient (Wildman–Crippen LogP) is 5.85. The van der Waals surface area contributed by atoms with E-state index in [1.807, 2.05) is 6.20 Å². The van der Waals surface area contributed by atoms with Gasteiger partial charge >= 0.3 is 0 Å². The van der Waals surface area contributed by atoms with Gasteiger partial charge in [0.1, 0.15) is 0 Å². The third kappa shape index (κ3) is 4.28. The van der Waals surface area contributed by atoms with Crippen molar-refractivity contribution < 1.29 is 0 Å². The first kappa shape index (κ1) is 17.8. The van der Waals surface area contributed by atoms with Crippen LogP contribution in [-0.4, -0.2) is 17.5 Å². The van der Waals surface area contributed by atoms with E-state index in [-0.39, 0.29) is 5.41 Å². The van der Waals surface area contributed by atoms with Crippen LogP contribution in [0.2, 0.25) is 0 Å². The van der Waals surface area contributed by atoms with E-state index in [0.29, 0.717) is 11.5 Å². The number of hydrogen-bond acceptors (Lipinski definition) is 1. The summed E-state index contributed by atoms with van der Waals surface area (Å²) >= 11 is 0. The van der Waals surface area contributed by atoms with Gasteiger partial charge in [-0.2, -0.15) is 0 Å². The third-order valence-electron chi connectivity index (χ3n) is 5.58. The number of hydrogen-bond donors (Lipinski definition) is 0. The van der Waals surface area contributed by atoms with Gasteiger partial charge < -0.3 is 4.90 Å². The van der Waals surface area contributed by atoms with Gasteiger partial charge in [0.2, 0.25) is 0 Å². The lowest BCUT2D eigenvalue weighted by Crippen LogP contribution is -2.41. The van der Waals surface area contributed by atoms with Gasteiger partial charge in [-0.3, -0.25) is 0 Å². The van der Waals surface area contributed by atoms with Gasteiger partial charge in [-0.15, -0.1) is 0 Å². The average Bonchev–Trinajstić information content (AvgIpc) is 2.53. The molecule has 0 heterocycles. The molecule has 126 valence electrons. The molecule has 0 aromatic heterocycles. The highest BCUT2D eigenvalue weighted by Crippen LogP contribution is 2.36. The Bertz CT molecular complexity index is 569. The molecule has 0 fully saturated rings. The van der Waals surface area contributed by atoms with Crippen LogP contribution in [0.1, 0.15) is 58.1 Å². The zero-order valence-electron chi connectivity index (χ0n) is 15.6. The standard InChI is InChI=1S/C22H33N/c1-7-22(6)14-12-20(13-15-22)23(8-2)17-21(4,5)19-11-9-10-18(3)16-19/h8-12,14,16,20H,2,7,13,15,17H2,1,3-6H3/t20?,22-/m0/s1. The van der Waals surface area contributed by atoms with Crippen LogP contribution in [0, 0.1) is 12.3 Å². The highest BCUT2D eigenvalue weighted by Gasteiger charge is 2.30. The van der Waals surface area contributed by atoms with Crippen molar-refractivity contribution in [1.29, 1.82) is 0 Å². The summed E-state index contributed by atoms with van der Waals surface area (Å²) in [5.41, 5.74) is 3.23. The highest BCUT2D eigenvalue weighted by molar-refractivity contribution is 5.29. The molecule has 0 bridgehead atoms. The maximum atomic E-state index is 4.08. The summed E-state index contributed by atoms with van der Waals surface area (Å²) < 4.78 is 0. The fourth-order valence-corrected chi connectivity index (χ4v) is 3.50. The number of nitrogens with zero attached hydrogens (tertiary/aromatic N) is 1. The topological polar surface area (TPSA) is 3.24 Å². The zero-order valence-corrected chi connectivity index (χ0v) is 15.6. The monoisotopic (exact) mass is 311 g/mol. The minimum absolute atomic E-state index is 0.111. The smallest absolute Gasteiger partial charge is 0.0468 e. The van der Waals surface area contributed by atoms with Crippen molar-refractivity contribution in [3.63, 3.8) is 0 Å². The quantitative estimate of drug-likeness (QED) is 0.595. The van der Waals surface area contributed by atoms with E-state index < -0.39 is 0 Å². The van der Waals surface area contributed by atoms with E-state index in [0.717, 1.165) is 6.54 Å². The van der Waals surface area contributed by atoms with Gasteiger partial charge in [0.15, 0.2) is 0 Å². The van der Waals surface area contributed by atoms with Crippen molar-refractivity contribution in [2.75, 3.05) is 6.54 Å². The van der Waals surface area contributed by atoms with Crippen LogP contribution < -0.4 is 0 Å². The van der Waals surface area contributed by atoms with E-state index in [1.54, 1.807) is 0 Å². The van der Waals surface area contributed by atoms with Gasteiger partial charge in [0, 0.05) is 18.0 Å². The van der Waals surface area contributed by atoms with Gasteiger partial charge in [-0.05, 0) is 43.4 Å². The van der Waals surface area contributed by atoms with Crippen LogP contribution >= 0.6 is 0 Å². The minimum atomic E-state index is 0.111. The summed E-state index contributed by atoms with van der Waals surface area (Å²) in [6.07, 6.45) is 10.6. The Morgan fingerprint density at radius 2 is 2.13 bits per heavy atom. The summed E-state index contributed by atoms with van der Waals surface area (Å²) in [5, 5.41) is 0. The Kier molecular flexibility index (Phi) is 5.39. The Balaban J connectivity index is 2.13. The fourth-order valence-electron chi connectivity index (χ4n) is 3.50. The molecule has 2 rings (SSSR count). The first-order valence-corrected chi connectivity index (χ1v) is 8.94. The van der Waals surface area contributed by atoms with Crippen LogP contribution in [-0.2, 0) is 5.41 Å². The van der Waals surface area contributed by atoms with Crippen LogP contribution in [0.3, 0.4) is 0 Å². The molecule has 1 aromatic carbocycles. The Hall–Kier alpha value is -1.50. The maximum absolute atomic E-state index is 4.08. The van der Waals surface area contributed by atoms with Gasteiger partial charge in [0.05, 0.1) is 0 Å². The lowest BCUT2D eigenvalue weighted by atomic mass is 9.76. The number of benzene rings is 1. The van der Waals surface area contributed by atoms with E-state index >= 15 is 0 Å². The van der Waals surface area contributed by atoms with Crippen molar-refractivity contribution in [2.45, 2.75) is 65.3 Å². The van der Waals surface area contributed by atoms with Gasteiger partial charge in [0.25, 0.3) is 0 Å². The molecule has 0 saturated heterocycles. The second kappa shape index (κ2) is 6.95. The largest absolute Gasteiger partial charge is 0.371 e. The molecule has 1 aliphatic rings. The second-order valence-corrected chi connectivity index (χ2v) is 8.08. The predicted molar refractivity (Wildman–Crippen MR) is 102 cm³/mol. The van der Waals surface area contributed by atoms with E-state index in [4.69, 9.17) is 0 Å². The molecule has 0 radical (unpaired) electrons. The molecule has 1 heteroatoms. The SMILES string of the molecule is C=CN(CC(C)(C)c1cccc(C)c1)C1C=C[C@](C)(CC)CC1. The van der Waals surface area contributed by atoms with Crippen molar-refractivity contribution in [3.05, 3.63) is 60.3 Å². The number of allylic oxidation sites excluding steroid dienone is 1. The highest BCUT2D eigenvalue weighted by atomic mass is 15.1. The van der Waals surface area contributed by atoms with Crippen LogP contribution in [0.4, 0.5) is 0 Å². The molecule has 1 nitrogen and oxygen atoms in total. The maximum Gasteiger partial charge on any atom is 0.0468 e. The molecular weight excluding hydrogens is 278 g/mol. The van der Waals surface area contributed by atoms with Crippen LogP contribution in [0.25, 0.3) is 0 Å². The second-order valence-electron chi connectivity index (χ2n) is 8.08. The van der Waals surface area contributed by atoms with Crippen LogP contribution in [0.15, 0.2) is 49.2 Å². The lowest BCUT2D eigenvalue weighted by Gasteiger charge is -2.40.